The number of methoxy groups -OCH3 is 1. The number of hydrogen-bond donors (Lipinski definition) is 5. The third-order valence-electron chi connectivity index (χ3n) is 1.63. The predicted octanol–water partition coefficient (Wildman–Crippen LogP) is -3.92. The molecule has 0 bridgehead atoms. The van der Waals surface area contributed by atoms with Crippen LogP contribution >= 0.6 is 0 Å². The van der Waals surface area contributed by atoms with Crippen LogP contribution in [0.3, 0.4) is 0 Å². The molecule has 80 valence electrons. The highest BCUT2D eigenvalue weighted by Gasteiger charge is 2.05. The van der Waals surface area contributed by atoms with Crippen LogP contribution in [0, 0.1) is 0 Å². The Balaban J connectivity index is 2.92. The molecule has 8 N–H and O–H groups in total. The fraction of sp³-hybridized carbons (Fsp3) is 0.111. The van der Waals surface area contributed by atoms with E-state index in [1.807, 2.05) is 18.2 Å². The van der Waals surface area contributed by atoms with Crippen molar-refractivity contribution in [2.75, 3.05) is 7.11 Å². The summed E-state index contributed by atoms with van der Waals surface area (Å²) in [4.78, 5) is 5.41. The predicted molar refractivity (Wildman–Crippen MR) is 57.2 cm³/mol. The number of nitrogens with two attached hydrogens (primary N) is 3. The number of benzene rings is 1. The quantitative estimate of drug-likeness (QED) is 0.253. The first-order valence-corrected chi connectivity index (χ1v) is 4.30. The number of hydrogen-bond acceptors (Lipinski definition) is 1. The monoisotopic (exact) mass is 209 g/mol. The summed E-state index contributed by atoms with van der Waals surface area (Å²) in [5.41, 5.74) is 16.8. The van der Waals surface area contributed by atoms with Gasteiger partial charge in [-0.05, 0) is 12.1 Å². The molecule has 0 saturated heterocycles. The molecular formula is C9H15N5O+2. The van der Waals surface area contributed by atoms with Crippen molar-refractivity contribution < 1.29 is 14.7 Å². The zero-order valence-corrected chi connectivity index (χ0v) is 8.45. The molecule has 0 aliphatic rings. The Bertz CT molecular complexity index is 395. The Morgan fingerprint density at radius 1 is 1.27 bits per heavy atom. The van der Waals surface area contributed by atoms with Crippen LogP contribution in [0.2, 0.25) is 0 Å². The van der Waals surface area contributed by atoms with Crippen LogP contribution < -0.4 is 31.9 Å². The fourth-order valence-corrected chi connectivity index (χ4v) is 1.04. The second-order valence-corrected chi connectivity index (χ2v) is 2.85. The number of rotatable bonds is 2. The molecule has 0 aliphatic heterocycles. The highest BCUT2D eigenvalue weighted by Crippen LogP contribution is 2.11. The van der Waals surface area contributed by atoms with Crippen molar-refractivity contribution in [2.45, 2.75) is 0 Å². The van der Waals surface area contributed by atoms with Crippen LogP contribution in [0.15, 0.2) is 24.3 Å². The van der Waals surface area contributed by atoms with E-state index >= 15 is 0 Å². The van der Waals surface area contributed by atoms with E-state index in [9.17, 15) is 0 Å². The average molecular weight is 209 g/mol. The van der Waals surface area contributed by atoms with Gasteiger partial charge in [0.25, 0.3) is 5.96 Å². The Labute approximate surface area is 87.5 Å². The number of nitrogens with one attached hydrogen (secondary N) is 2. The molecule has 15 heavy (non-hydrogen) atoms. The fourth-order valence-electron chi connectivity index (χ4n) is 1.04. The molecule has 0 aromatic heterocycles. The van der Waals surface area contributed by atoms with Crippen molar-refractivity contribution in [1.82, 2.24) is 0 Å². The van der Waals surface area contributed by atoms with Gasteiger partial charge in [-0.3, -0.25) is 0 Å². The summed E-state index contributed by atoms with van der Waals surface area (Å²) < 4.78 is 5.05. The highest BCUT2D eigenvalue weighted by molar-refractivity contribution is 5.75. The van der Waals surface area contributed by atoms with Gasteiger partial charge in [0.2, 0.25) is 0 Å². The van der Waals surface area contributed by atoms with Crippen molar-refractivity contribution in [1.29, 1.82) is 0 Å². The second-order valence-electron chi connectivity index (χ2n) is 2.85. The molecule has 0 fully saturated rings. The lowest BCUT2D eigenvalue weighted by Crippen LogP contribution is -2.96. The molecular weight excluding hydrogens is 194 g/mol. The molecule has 0 heterocycles. The minimum Gasteiger partial charge on any atom is -0.497 e. The smallest absolute Gasteiger partial charge is 0.497 e. The maximum atomic E-state index is 5.57. The van der Waals surface area contributed by atoms with E-state index in [1.165, 1.54) is 0 Å². The molecule has 1 rings (SSSR count). The Hall–Kier alpha value is -2.24. The van der Waals surface area contributed by atoms with Gasteiger partial charge in [-0.25, -0.2) is 5.73 Å². The molecule has 0 atom stereocenters. The van der Waals surface area contributed by atoms with Gasteiger partial charge in [0.1, 0.15) is 5.75 Å². The summed E-state index contributed by atoms with van der Waals surface area (Å²) in [5, 5.41) is 0. The van der Waals surface area contributed by atoms with Crippen LogP contribution in [0.5, 0.6) is 5.75 Å². The lowest BCUT2D eigenvalue weighted by atomic mass is 10.3. The van der Waals surface area contributed by atoms with Gasteiger partial charge in [0.15, 0.2) is 5.69 Å². The normalized spacial score (nSPS) is 10.9. The van der Waals surface area contributed by atoms with Gasteiger partial charge in [-0.15, -0.1) is 4.99 Å². The molecule has 0 radical (unpaired) electrons. The number of guanidine groups is 2. The zero-order chi connectivity index (χ0) is 11.3. The van der Waals surface area contributed by atoms with Gasteiger partial charge in [-0.2, -0.15) is 4.99 Å². The summed E-state index contributed by atoms with van der Waals surface area (Å²) in [5.74, 6) is 1.02. The first-order chi connectivity index (χ1) is 7.11. The highest BCUT2D eigenvalue weighted by atomic mass is 16.5. The average Bonchev–Trinajstić information content (AvgIpc) is 2.16. The first-order valence-electron chi connectivity index (χ1n) is 4.30. The van der Waals surface area contributed by atoms with Crippen molar-refractivity contribution in [2.24, 2.45) is 17.2 Å². The Morgan fingerprint density at radius 3 is 2.60 bits per heavy atom. The lowest BCUT2D eigenvalue weighted by molar-refractivity contribution is -0.459. The SMILES string of the molecule is COc1cccc([NH+]=C(N)[NH+]=C(N)N)c1. The third kappa shape index (κ3) is 3.55. The van der Waals surface area contributed by atoms with E-state index < -0.39 is 0 Å². The van der Waals surface area contributed by atoms with Gasteiger partial charge < -0.3 is 16.2 Å². The van der Waals surface area contributed by atoms with Gasteiger partial charge in [0.05, 0.1) is 7.11 Å². The molecule has 6 nitrogen and oxygen atoms in total. The Morgan fingerprint density at radius 2 is 2.00 bits per heavy atom. The minimum atomic E-state index is 0.0305. The van der Waals surface area contributed by atoms with E-state index in [1.54, 1.807) is 13.2 Å². The molecule has 0 aliphatic carbocycles. The van der Waals surface area contributed by atoms with Crippen molar-refractivity contribution in [3.05, 3.63) is 24.3 Å². The summed E-state index contributed by atoms with van der Waals surface area (Å²) in [6.45, 7) is 0. The molecule has 1 aromatic carbocycles. The van der Waals surface area contributed by atoms with E-state index in [2.05, 4.69) is 9.98 Å². The van der Waals surface area contributed by atoms with Crippen LogP contribution in [0.4, 0.5) is 5.69 Å². The van der Waals surface area contributed by atoms with Crippen LogP contribution in [0.25, 0.3) is 0 Å². The molecule has 0 unspecified atom stereocenters. The van der Waals surface area contributed by atoms with Crippen LogP contribution in [-0.2, 0) is 0 Å². The van der Waals surface area contributed by atoms with Gasteiger partial charge in [0, 0.05) is 6.07 Å². The minimum absolute atomic E-state index is 0.0305. The summed E-state index contributed by atoms with van der Waals surface area (Å²) in [6.07, 6.45) is 0. The van der Waals surface area contributed by atoms with Crippen molar-refractivity contribution in [3.63, 3.8) is 0 Å². The van der Waals surface area contributed by atoms with E-state index in [0.29, 0.717) is 0 Å². The largest absolute Gasteiger partial charge is 0.522 e. The van der Waals surface area contributed by atoms with Gasteiger partial charge in [-0.1, -0.05) is 6.07 Å². The topological polar surface area (TPSA) is 115 Å². The maximum absolute atomic E-state index is 5.57. The Kier molecular flexibility index (Phi) is 3.50. The molecule has 6 heteroatoms. The third-order valence-corrected chi connectivity index (χ3v) is 1.63. The van der Waals surface area contributed by atoms with Crippen molar-refractivity contribution in [3.8, 4) is 5.75 Å². The van der Waals surface area contributed by atoms with E-state index in [0.717, 1.165) is 11.4 Å². The number of ether oxygens (including phenoxy) is 1. The second kappa shape index (κ2) is 4.85. The molecule has 0 saturated carbocycles. The van der Waals surface area contributed by atoms with E-state index in [-0.39, 0.29) is 11.9 Å². The van der Waals surface area contributed by atoms with Crippen LogP contribution in [0.1, 0.15) is 0 Å². The van der Waals surface area contributed by atoms with Gasteiger partial charge >= 0.3 is 5.96 Å². The molecule has 0 spiro atoms. The first kappa shape index (κ1) is 10.8. The lowest BCUT2D eigenvalue weighted by Gasteiger charge is -1.96. The van der Waals surface area contributed by atoms with Crippen LogP contribution in [-0.4, -0.2) is 19.0 Å². The molecule has 0 amide bonds. The molecule has 1 aromatic rings. The maximum Gasteiger partial charge on any atom is 0.522 e. The zero-order valence-electron chi connectivity index (χ0n) is 8.45. The summed E-state index contributed by atoms with van der Waals surface area (Å²) in [7, 11) is 1.59. The summed E-state index contributed by atoms with van der Waals surface area (Å²) in [6, 6.07) is 7.30. The van der Waals surface area contributed by atoms with Crippen molar-refractivity contribution >= 4 is 17.6 Å². The van der Waals surface area contributed by atoms with E-state index in [4.69, 9.17) is 21.9 Å². The standard InChI is InChI=1S/C9H13N5O/c1-15-7-4-2-3-6(5-7)13-9(12)14-8(10)11/h2-5H,1H3,(H6,10,11,12,13,14)/p+2. The summed E-state index contributed by atoms with van der Waals surface area (Å²) >= 11 is 0.